The van der Waals surface area contributed by atoms with Gasteiger partial charge in [-0.1, -0.05) is 23.8 Å². The quantitative estimate of drug-likeness (QED) is 0.206. The molecule has 0 atom stereocenters. The number of rotatable bonds is 9. The Morgan fingerprint density at radius 2 is 1.97 bits per heavy atom. The summed E-state index contributed by atoms with van der Waals surface area (Å²) in [6, 6.07) is 7.71. The lowest BCUT2D eigenvalue weighted by Gasteiger charge is -2.15. The van der Waals surface area contributed by atoms with Crippen molar-refractivity contribution < 1.29 is 4.79 Å². The van der Waals surface area contributed by atoms with Crippen molar-refractivity contribution in [2.45, 2.75) is 38.6 Å². The third-order valence-corrected chi connectivity index (χ3v) is 4.84. The van der Waals surface area contributed by atoms with E-state index in [0.29, 0.717) is 18.7 Å². The molecule has 0 saturated heterocycles. The average Bonchev–Trinajstić information content (AvgIpc) is 2.71. The number of hydrogen-bond donors (Lipinski definition) is 3. The highest BCUT2D eigenvalue weighted by molar-refractivity contribution is 14.0. The van der Waals surface area contributed by atoms with Crippen LogP contribution in [-0.2, 0) is 6.54 Å². The number of amides is 1. The standard InChI is InChI=1S/C22H35N5O.HI/c1-23-22(25-13-12-18-8-5-4-6-9-18)26-17-19-10-7-11-20(16-19)21(28)24-14-15-27(2)3;/h7-8,10-11,16H,4-6,9,12-15,17H2,1-3H3,(H,24,28)(H2,23,25,26);1H. The first-order valence-corrected chi connectivity index (χ1v) is 10.2. The molecule has 3 N–H and O–H groups in total. The highest BCUT2D eigenvalue weighted by atomic mass is 127. The fraction of sp³-hybridized carbons (Fsp3) is 0.545. The van der Waals surface area contributed by atoms with Gasteiger partial charge in [-0.2, -0.15) is 0 Å². The van der Waals surface area contributed by atoms with Crippen LogP contribution in [0.15, 0.2) is 40.9 Å². The van der Waals surface area contributed by atoms with Gasteiger partial charge in [-0.3, -0.25) is 9.79 Å². The lowest BCUT2D eigenvalue weighted by Crippen LogP contribution is -2.37. The molecule has 0 spiro atoms. The Labute approximate surface area is 192 Å². The maximum atomic E-state index is 12.3. The monoisotopic (exact) mass is 513 g/mol. The summed E-state index contributed by atoms with van der Waals surface area (Å²) in [5.74, 6) is 0.754. The first kappa shape index (κ1) is 25.4. The number of hydrogen-bond acceptors (Lipinski definition) is 3. The molecule has 1 aliphatic rings. The molecular formula is C22H36IN5O. The molecule has 1 amide bonds. The zero-order valence-electron chi connectivity index (χ0n) is 18.0. The van der Waals surface area contributed by atoms with Crippen LogP contribution in [0.2, 0.25) is 0 Å². The summed E-state index contributed by atoms with van der Waals surface area (Å²) in [4.78, 5) is 18.6. The number of halogens is 1. The van der Waals surface area contributed by atoms with Crippen molar-refractivity contribution >= 4 is 35.8 Å². The molecule has 1 aromatic rings. The molecule has 7 heteroatoms. The predicted octanol–water partition coefficient (Wildman–Crippen LogP) is 3.15. The Kier molecular flexibility index (Phi) is 12.6. The third kappa shape index (κ3) is 10.1. The summed E-state index contributed by atoms with van der Waals surface area (Å²) in [6.07, 6.45) is 8.56. The van der Waals surface area contributed by atoms with Crippen molar-refractivity contribution in [1.82, 2.24) is 20.9 Å². The largest absolute Gasteiger partial charge is 0.356 e. The number of likely N-dealkylation sites (N-methyl/N-ethyl adjacent to an activating group) is 1. The van der Waals surface area contributed by atoms with Gasteiger partial charge in [0.15, 0.2) is 5.96 Å². The fourth-order valence-corrected chi connectivity index (χ4v) is 3.20. The van der Waals surface area contributed by atoms with E-state index < -0.39 is 0 Å². The van der Waals surface area contributed by atoms with Crippen molar-refractivity contribution in [2.75, 3.05) is 40.8 Å². The van der Waals surface area contributed by atoms with Crippen LogP contribution in [0.5, 0.6) is 0 Å². The van der Waals surface area contributed by atoms with Crippen LogP contribution < -0.4 is 16.0 Å². The van der Waals surface area contributed by atoms with Gasteiger partial charge < -0.3 is 20.9 Å². The van der Waals surface area contributed by atoms with Gasteiger partial charge in [0.2, 0.25) is 0 Å². The molecule has 0 radical (unpaired) electrons. The van der Waals surface area contributed by atoms with E-state index in [1.807, 2.05) is 43.3 Å². The summed E-state index contributed by atoms with van der Waals surface area (Å²) < 4.78 is 0. The van der Waals surface area contributed by atoms with Crippen LogP contribution in [0, 0.1) is 0 Å². The molecule has 0 heterocycles. The topological polar surface area (TPSA) is 68.8 Å². The van der Waals surface area contributed by atoms with Gasteiger partial charge >= 0.3 is 0 Å². The first-order chi connectivity index (χ1) is 13.6. The molecule has 162 valence electrons. The molecule has 6 nitrogen and oxygen atoms in total. The van der Waals surface area contributed by atoms with E-state index in [4.69, 9.17) is 0 Å². The van der Waals surface area contributed by atoms with Gasteiger partial charge in [0.1, 0.15) is 0 Å². The second kappa shape index (κ2) is 14.4. The van der Waals surface area contributed by atoms with Gasteiger partial charge in [-0.25, -0.2) is 0 Å². The number of guanidine groups is 1. The zero-order chi connectivity index (χ0) is 20.2. The van der Waals surface area contributed by atoms with Gasteiger partial charge in [0.25, 0.3) is 5.91 Å². The maximum absolute atomic E-state index is 12.3. The number of allylic oxidation sites excluding steroid dienone is 1. The number of nitrogens with zero attached hydrogens (tertiary/aromatic N) is 2. The van der Waals surface area contributed by atoms with E-state index in [-0.39, 0.29) is 29.9 Å². The summed E-state index contributed by atoms with van der Waals surface area (Å²) in [5, 5.41) is 9.66. The molecule has 2 rings (SSSR count). The summed E-state index contributed by atoms with van der Waals surface area (Å²) in [6.45, 7) is 2.98. The van der Waals surface area contributed by atoms with Crippen molar-refractivity contribution in [1.29, 1.82) is 0 Å². The smallest absolute Gasteiger partial charge is 0.251 e. The molecule has 0 aliphatic heterocycles. The fourth-order valence-electron chi connectivity index (χ4n) is 3.20. The molecule has 0 saturated carbocycles. The summed E-state index contributed by atoms with van der Waals surface area (Å²) in [7, 11) is 5.76. The van der Waals surface area contributed by atoms with Gasteiger partial charge in [0, 0.05) is 38.8 Å². The molecule has 0 aromatic heterocycles. The van der Waals surface area contributed by atoms with E-state index in [1.54, 1.807) is 12.6 Å². The number of aliphatic imine (C=N–C) groups is 1. The normalized spacial score (nSPS) is 14.1. The van der Waals surface area contributed by atoms with Gasteiger partial charge in [0.05, 0.1) is 0 Å². The highest BCUT2D eigenvalue weighted by Gasteiger charge is 2.07. The highest BCUT2D eigenvalue weighted by Crippen LogP contribution is 2.19. The molecule has 0 unspecified atom stereocenters. The Balaban J connectivity index is 0.00000420. The lowest BCUT2D eigenvalue weighted by atomic mass is 9.97. The zero-order valence-corrected chi connectivity index (χ0v) is 20.3. The molecule has 1 aliphatic carbocycles. The summed E-state index contributed by atoms with van der Waals surface area (Å²) in [5.41, 5.74) is 3.30. The molecule has 0 bridgehead atoms. The van der Waals surface area contributed by atoms with E-state index in [0.717, 1.165) is 31.0 Å². The lowest BCUT2D eigenvalue weighted by molar-refractivity contribution is 0.0951. The van der Waals surface area contributed by atoms with E-state index in [2.05, 4.69) is 27.0 Å². The number of nitrogens with one attached hydrogen (secondary N) is 3. The molecule has 29 heavy (non-hydrogen) atoms. The van der Waals surface area contributed by atoms with Gasteiger partial charge in [-0.15, -0.1) is 24.0 Å². The maximum Gasteiger partial charge on any atom is 0.251 e. The molecular weight excluding hydrogens is 477 g/mol. The predicted molar refractivity (Wildman–Crippen MR) is 132 cm³/mol. The Bertz CT molecular complexity index is 688. The number of carbonyl (C=O) groups excluding carboxylic acids is 1. The Hall–Kier alpha value is -1.61. The molecule has 1 aromatic carbocycles. The van der Waals surface area contributed by atoms with Crippen LogP contribution in [0.3, 0.4) is 0 Å². The number of carbonyl (C=O) groups is 1. The van der Waals surface area contributed by atoms with E-state index >= 15 is 0 Å². The van der Waals surface area contributed by atoms with Crippen LogP contribution in [0.25, 0.3) is 0 Å². The van der Waals surface area contributed by atoms with Crippen molar-refractivity contribution in [2.24, 2.45) is 4.99 Å². The van der Waals surface area contributed by atoms with Gasteiger partial charge in [-0.05, 0) is 63.9 Å². The minimum atomic E-state index is -0.0352. The average molecular weight is 513 g/mol. The Morgan fingerprint density at radius 1 is 1.14 bits per heavy atom. The Morgan fingerprint density at radius 3 is 2.66 bits per heavy atom. The van der Waals surface area contributed by atoms with Crippen LogP contribution in [0.4, 0.5) is 0 Å². The van der Waals surface area contributed by atoms with Crippen LogP contribution in [-0.4, -0.2) is 57.5 Å². The SMILES string of the molecule is CN=C(NCCC1=CCCCC1)NCc1cccc(C(=O)NCCN(C)C)c1.I. The number of benzene rings is 1. The van der Waals surface area contributed by atoms with Crippen molar-refractivity contribution in [3.63, 3.8) is 0 Å². The minimum Gasteiger partial charge on any atom is -0.356 e. The van der Waals surface area contributed by atoms with Crippen molar-refractivity contribution in [3.05, 3.63) is 47.0 Å². The van der Waals surface area contributed by atoms with Crippen LogP contribution >= 0.6 is 24.0 Å². The van der Waals surface area contributed by atoms with Crippen LogP contribution in [0.1, 0.15) is 48.0 Å². The minimum absolute atomic E-state index is 0. The first-order valence-electron chi connectivity index (χ1n) is 10.2. The third-order valence-electron chi connectivity index (χ3n) is 4.84. The second-order valence-electron chi connectivity index (χ2n) is 7.47. The van der Waals surface area contributed by atoms with E-state index in [1.165, 1.54) is 25.7 Å². The van der Waals surface area contributed by atoms with Crippen molar-refractivity contribution in [3.8, 4) is 0 Å². The summed E-state index contributed by atoms with van der Waals surface area (Å²) >= 11 is 0. The molecule has 0 fully saturated rings. The van der Waals surface area contributed by atoms with E-state index in [9.17, 15) is 4.79 Å². The second-order valence-corrected chi connectivity index (χ2v) is 7.47.